The van der Waals surface area contributed by atoms with Gasteiger partial charge in [-0.3, -0.25) is 19.4 Å². The molecule has 2 heterocycles. The average Bonchev–Trinajstić information content (AvgIpc) is 2.86. The third kappa shape index (κ3) is 6.83. The molecule has 7 nitrogen and oxygen atoms in total. The Morgan fingerprint density at radius 2 is 1.80 bits per heavy atom. The van der Waals surface area contributed by atoms with Crippen LogP contribution in [-0.2, 0) is 16.0 Å². The maximum atomic E-state index is 14.5. The second kappa shape index (κ2) is 11.9. The van der Waals surface area contributed by atoms with E-state index in [-0.39, 0.29) is 48.9 Å². The number of pyridine rings is 1. The van der Waals surface area contributed by atoms with E-state index in [0.29, 0.717) is 37.1 Å². The second-order valence-corrected chi connectivity index (χ2v) is 9.17. The van der Waals surface area contributed by atoms with Crippen molar-refractivity contribution in [3.63, 3.8) is 0 Å². The van der Waals surface area contributed by atoms with Crippen LogP contribution in [0.25, 0.3) is 0 Å². The molecule has 0 spiro atoms. The summed E-state index contributed by atoms with van der Waals surface area (Å²) in [6.07, 6.45) is 4.89. The van der Waals surface area contributed by atoms with Crippen LogP contribution in [0.1, 0.15) is 41.6 Å². The zero-order valence-corrected chi connectivity index (χ0v) is 20.4. The molecule has 1 aromatic carbocycles. The standard InChI is InChI=1S/C26H32F2N4O3/c1-30(2)24(33)8-9-25(34)32-13-10-18(11-14-32)23(15-19-6-7-21(27)16-22(19)28)31(3)26(35)20-5-4-12-29-17-20/h4-7,12,16-18,23H,8-11,13-15H2,1-3H3/t23-/m1/s1. The van der Waals surface area contributed by atoms with E-state index in [4.69, 9.17) is 0 Å². The first kappa shape index (κ1) is 26.2. The first-order chi connectivity index (χ1) is 16.7. The van der Waals surface area contributed by atoms with E-state index in [1.165, 1.54) is 23.2 Å². The van der Waals surface area contributed by atoms with Gasteiger partial charge in [-0.05, 0) is 48.9 Å². The number of halogens is 2. The summed E-state index contributed by atoms with van der Waals surface area (Å²) in [6, 6.07) is 6.49. The number of likely N-dealkylation sites (tertiary alicyclic amines) is 1. The Morgan fingerprint density at radius 1 is 1.09 bits per heavy atom. The highest BCUT2D eigenvalue weighted by Gasteiger charge is 2.33. The molecule has 1 aromatic heterocycles. The molecule has 1 saturated heterocycles. The number of piperidine rings is 1. The van der Waals surface area contributed by atoms with Crippen LogP contribution in [0.15, 0.2) is 42.7 Å². The van der Waals surface area contributed by atoms with Crippen molar-refractivity contribution in [3.8, 4) is 0 Å². The zero-order valence-electron chi connectivity index (χ0n) is 20.4. The Bertz CT molecular complexity index is 1040. The van der Waals surface area contributed by atoms with Gasteiger partial charge in [0.25, 0.3) is 5.91 Å². The van der Waals surface area contributed by atoms with Crippen molar-refractivity contribution in [2.24, 2.45) is 5.92 Å². The molecule has 35 heavy (non-hydrogen) atoms. The Morgan fingerprint density at radius 3 is 2.40 bits per heavy atom. The minimum absolute atomic E-state index is 0.0116. The normalized spacial score (nSPS) is 14.9. The highest BCUT2D eigenvalue weighted by atomic mass is 19.1. The number of hydrogen-bond donors (Lipinski definition) is 0. The molecule has 0 radical (unpaired) electrons. The topological polar surface area (TPSA) is 73.8 Å². The fourth-order valence-corrected chi connectivity index (χ4v) is 4.51. The quantitative estimate of drug-likeness (QED) is 0.575. The minimum atomic E-state index is -0.651. The number of carbonyl (C=O) groups is 3. The molecule has 3 amide bonds. The Labute approximate surface area is 204 Å². The maximum Gasteiger partial charge on any atom is 0.255 e. The SMILES string of the molecule is CN(C)C(=O)CCC(=O)N1CCC([C@@H](Cc2ccc(F)cc2F)N(C)C(=O)c2cccnc2)CC1. The number of hydrogen-bond acceptors (Lipinski definition) is 4. The molecule has 0 bridgehead atoms. The van der Waals surface area contributed by atoms with Crippen LogP contribution in [0, 0.1) is 17.6 Å². The first-order valence-electron chi connectivity index (χ1n) is 11.8. The van der Waals surface area contributed by atoms with E-state index in [1.54, 1.807) is 49.3 Å². The monoisotopic (exact) mass is 486 g/mol. The summed E-state index contributed by atoms with van der Waals surface area (Å²) in [4.78, 5) is 46.4. The van der Waals surface area contributed by atoms with Crippen LogP contribution in [0.3, 0.4) is 0 Å². The largest absolute Gasteiger partial charge is 0.349 e. The van der Waals surface area contributed by atoms with E-state index in [0.717, 1.165) is 6.07 Å². The van der Waals surface area contributed by atoms with Gasteiger partial charge in [0, 0.05) is 71.6 Å². The molecule has 1 aliphatic heterocycles. The van der Waals surface area contributed by atoms with Gasteiger partial charge < -0.3 is 14.7 Å². The summed E-state index contributed by atoms with van der Waals surface area (Å²) in [5.74, 6) is -1.67. The minimum Gasteiger partial charge on any atom is -0.349 e. The van der Waals surface area contributed by atoms with Crippen molar-refractivity contribution in [2.45, 2.75) is 38.1 Å². The molecule has 0 unspecified atom stereocenters. The number of likely N-dealkylation sites (N-methyl/N-ethyl adjacent to an activating group) is 1. The van der Waals surface area contributed by atoms with E-state index < -0.39 is 11.6 Å². The van der Waals surface area contributed by atoms with Gasteiger partial charge >= 0.3 is 0 Å². The highest BCUT2D eigenvalue weighted by Crippen LogP contribution is 2.28. The van der Waals surface area contributed by atoms with Crippen molar-refractivity contribution in [1.29, 1.82) is 0 Å². The number of nitrogens with zero attached hydrogens (tertiary/aromatic N) is 4. The van der Waals surface area contributed by atoms with Crippen LogP contribution in [-0.4, -0.2) is 77.7 Å². The molecular weight excluding hydrogens is 454 g/mol. The fraction of sp³-hybridized carbons (Fsp3) is 0.462. The Kier molecular flexibility index (Phi) is 8.89. The van der Waals surface area contributed by atoms with Crippen LogP contribution in [0.2, 0.25) is 0 Å². The molecule has 0 N–H and O–H groups in total. The number of carbonyl (C=O) groups excluding carboxylic acids is 3. The van der Waals surface area contributed by atoms with Crippen molar-refractivity contribution < 1.29 is 23.2 Å². The summed E-state index contributed by atoms with van der Waals surface area (Å²) in [5, 5.41) is 0. The summed E-state index contributed by atoms with van der Waals surface area (Å²) in [6.45, 7) is 0.994. The number of amides is 3. The van der Waals surface area contributed by atoms with Gasteiger partial charge in [0.15, 0.2) is 0 Å². The average molecular weight is 487 g/mol. The summed E-state index contributed by atoms with van der Waals surface area (Å²) in [5.41, 5.74) is 0.765. The van der Waals surface area contributed by atoms with Crippen LogP contribution in [0.4, 0.5) is 8.78 Å². The van der Waals surface area contributed by atoms with Crippen LogP contribution >= 0.6 is 0 Å². The van der Waals surface area contributed by atoms with Gasteiger partial charge in [0.05, 0.1) is 5.56 Å². The summed E-state index contributed by atoms with van der Waals surface area (Å²) < 4.78 is 28.0. The van der Waals surface area contributed by atoms with Crippen molar-refractivity contribution in [2.75, 3.05) is 34.2 Å². The molecule has 1 atom stereocenters. The number of aromatic nitrogens is 1. The first-order valence-corrected chi connectivity index (χ1v) is 11.8. The molecule has 0 saturated carbocycles. The predicted molar refractivity (Wildman–Crippen MR) is 127 cm³/mol. The molecular formula is C26H32F2N4O3. The lowest BCUT2D eigenvalue weighted by molar-refractivity contribution is -0.137. The molecule has 1 aliphatic rings. The highest BCUT2D eigenvalue weighted by molar-refractivity contribution is 5.94. The van der Waals surface area contributed by atoms with E-state index in [1.807, 2.05) is 0 Å². The summed E-state index contributed by atoms with van der Waals surface area (Å²) >= 11 is 0. The lowest BCUT2D eigenvalue weighted by Crippen LogP contribution is -2.48. The molecule has 9 heteroatoms. The second-order valence-electron chi connectivity index (χ2n) is 9.17. The van der Waals surface area contributed by atoms with Gasteiger partial charge in [-0.1, -0.05) is 6.07 Å². The van der Waals surface area contributed by atoms with Crippen molar-refractivity contribution >= 4 is 17.7 Å². The van der Waals surface area contributed by atoms with Crippen LogP contribution < -0.4 is 0 Å². The van der Waals surface area contributed by atoms with E-state index >= 15 is 0 Å². The molecule has 3 rings (SSSR count). The lowest BCUT2D eigenvalue weighted by atomic mass is 9.84. The van der Waals surface area contributed by atoms with Crippen molar-refractivity contribution in [1.82, 2.24) is 19.7 Å². The van der Waals surface area contributed by atoms with Gasteiger partial charge in [0.1, 0.15) is 11.6 Å². The number of benzene rings is 1. The lowest BCUT2D eigenvalue weighted by Gasteiger charge is -2.40. The Hall–Kier alpha value is -3.36. The third-order valence-electron chi connectivity index (χ3n) is 6.66. The molecule has 2 aromatic rings. The van der Waals surface area contributed by atoms with Gasteiger partial charge in [-0.2, -0.15) is 0 Å². The summed E-state index contributed by atoms with van der Waals surface area (Å²) in [7, 11) is 5.00. The van der Waals surface area contributed by atoms with Gasteiger partial charge in [0.2, 0.25) is 11.8 Å². The number of rotatable bonds is 8. The van der Waals surface area contributed by atoms with E-state index in [9.17, 15) is 23.2 Å². The smallest absolute Gasteiger partial charge is 0.255 e. The Balaban J connectivity index is 1.72. The molecule has 1 fully saturated rings. The molecule has 0 aliphatic carbocycles. The fourth-order valence-electron chi connectivity index (χ4n) is 4.51. The zero-order chi connectivity index (χ0) is 25.5. The van der Waals surface area contributed by atoms with Crippen LogP contribution in [0.5, 0.6) is 0 Å². The molecule has 188 valence electrons. The van der Waals surface area contributed by atoms with Gasteiger partial charge in [-0.25, -0.2) is 8.78 Å². The van der Waals surface area contributed by atoms with E-state index in [2.05, 4.69) is 4.98 Å². The van der Waals surface area contributed by atoms with Crippen molar-refractivity contribution in [3.05, 3.63) is 65.5 Å². The van der Waals surface area contributed by atoms with Gasteiger partial charge in [-0.15, -0.1) is 0 Å². The third-order valence-corrected chi connectivity index (χ3v) is 6.66. The maximum absolute atomic E-state index is 14.5. The predicted octanol–water partition coefficient (Wildman–Crippen LogP) is 3.15.